The molecule has 0 saturated heterocycles. The molecule has 2 aromatic carbocycles. The van der Waals surface area contributed by atoms with E-state index in [1.807, 2.05) is 13.8 Å². The van der Waals surface area contributed by atoms with E-state index in [4.69, 9.17) is 22.2 Å². The maximum atomic E-state index is 13.0. The van der Waals surface area contributed by atoms with Gasteiger partial charge in [0.1, 0.15) is 11.5 Å². The molecular weight excluding hydrogens is 400 g/mol. The van der Waals surface area contributed by atoms with Crippen LogP contribution in [-0.4, -0.2) is 21.3 Å². The van der Waals surface area contributed by atoms with Crippen molar-refractivity contribution in [3.63, 3.8) is 0 Å². The number of carbonyl (C=O) groups excluding carboxylic acids is 1. The number of nitrogens with two attached hydrogens (primary N) is 1. The number of nitrogens with one attached hydrogen (secondary N) is 1. The summed E-state index contributed by atoms with van der Waals surface area (Å²) in [6.07, 6.45) is 0.234. The number of hydrogen-bond donors (Lipinski definition) is 2. The van der Waals surface area contributed by atoms with Crippen LogP contribution in [0.4, 0.5) is 0 Å². The van der Waals surface area contributed by atoms with E-state index in [1.54, 1.807) is 42.3 Å². The van der Waals surface area contributed by atoms with Crippen LogP contribution in [0.5, 0.6) is 5.75 Å². The van der Waals surface area contributed by atoms with Crippen LogP contribution in [0.1, 0.15) is 30.9 Å². The third-order valence-corrected chi connectivity index (χ3v) is 6.92. The minimum atomic E-state index is -3.70. The van der Waals surface area contributed by atoms with Crippen molar-refractivity contribution in [1.29, 1.82) is 0 Å². The molecule has 2 aromatic rings. The number of sulfonamides is 1. The molecule has 6 nitrogen and oxygen atoms in total. The lowest BCUT2D eigenvalue weighted by molar-refractivity contribution is -0.120. The fraction of sp³-hybridized carbons (Fsp3) is 0.350. The van der Waals surface area contributed by atoms with Crippen molar-refractivity contribution >= 4 is 27.4 Å². The summed E-state index contributed by atoms with van der Waals surface area (Å²) < 4.78 is 28.9. The van der Waals surface area contributed by atoms with Crippen molar-refractivity contribution in [3.05, 3.63) is 58.6 Å². The Morgan fingerprint density at radius 3 is 2.43 bits per heavy atom. The van der Waals surface area contributed by atoms with Crippen LogP contribution in [0.15, 0.2) is 47.4 Å². The van der Waals surface area contributed by atoms with E-state index in [2.05, 4.69) is 0 Å². The van der Waals surface area contributed by atoms with E-state index < -0.39 is 10.0 Å². The third kappa shape index (κ3) is 3.80. The molecule has 3 N–H and O–H groups in total. The average molecular weight is 423 g/mol. The number of hydrazine groups is 1. The van der Waals surface area contributed by atoms with Crippen molar-refractivity contribution in [2.75, 3.05) is 7.11 Å². The number of rotatable bonds is 7. The molecule has 0 aromatic heterocycles. The molecule has 8 heteroatoms. The Bertz CT molecular complexity index is 1000. The number of methoxy groups -OCH3 is 1. The fourth-order valence-electron chi connectivity index (χ4n) is 3.97. The second-order valence-corrected chi connectivity index (χ2v) is 9.72. The highest BCUT2D eigenvalue weighted by molar-refractivity contribution is 7.89. The van der Waals surface area contributed by atoms with Gasteiger partial charge in [-0.3, -0.25) is 10.6 Å². The van der Waals surface area contributed by atoms with Crippen molar-refractivity contribution in [2.24, 2.45) is 17.2 Å². The zero-order chi connectivity index (χ0) is 20.7. The maximum Gasteiger partial charge on any atom is 0.253 e. The first-order valence-corrected chi connectivity index (χ1v) is 10.7. The molecule has 0 heterocycles. The molecule has 0 bridgehead atoms. The van der Waals surface area contributed by atoms with Crippen molar-refractivity contribution < 1.29 is 17.9 Å². The number of carbonyl (C=O) groups is 1. The van der Waals surface area contributed by atoms with Crippen LogP contribution >= 0.6 is 11.6 Å². The van der Waals surface area contributed by atoms with Crippen LogP contribution in [0.25, 0.3) is 0 Å². The van der Waals surface area contributed by atoms with Crippen molar-refractivity contribution in [1.82, 2.24) is 4.83 Å². The van der Waals surface area contributed by atoms with Gasteiger partial charge in [-0.2, -0.15) is 4.83 Å². The van der Waals surface area contributed by atoms with Gasteiger partial charge in [-0.05, 0) is 47.2 Å². The lowest BCUT2D eigenvalue weighted by atomic mass is 10.0. The summed E-state index contributed by atoms with van der Waals surface area (Å²) in [6, 6.07) is 11.7. The SMILES string of the molecule is COc1ccc(Cl)cc1CC(=O)[C@@H]1[C@@H](c2ccc(S(=O)(=O)NN)cc2)C1(C)C. The molecule has 1 saturated carbocycles. The lowest BCUT2D eigenvalue weighted by Gasteiger charge is -2.09. The molecule has 0 radical (unpaired) electrons. The maximum absolute atomic E-state index is 13.0. The summed E-state index contributed by atoms with van der Waals surface area (Å²) in [4.78, 5) is 14.9. The first-order valence-electron chi connectivity index (χ1n) is 8.79. The average Bonchev–Trinajstić information content (AvgIpc) is 3.24. The topological polar surface area (TPSA) is 98.5 Å². The van der Waals surface area contributed by atoms with Gasteiger partial charge in [0.2, 0.25) is 0 Å². The Hall–Kier alpha value is -1.93. The van der Waals surface area contributed by atoms with Gasteiger partial charge >= 0.3 is 0 Å². The van der Waals surface area contributed by atoms with Gasteiger partial charge < -0.3 is 4.74 Å². The van der Waals surface area contributed by atoms with Gasteiger partial charge in [0.15, 0.2) is 0 Å². The van der Waals surface area contributed by atoms with Crippen molar-refractivity contribution in [3.8, 4) is 5.75 Å². The number of benzene rings is 2. The minimum Gasteiger partial charge on any atom is -0.496 e. The van der Waals surface area contributed by atoms with Gasteiger partial charge in [-0.25, -0.2) is 8.42 Å². The van der Waals surface area contributed by atoms with Crippen LogP contribution in [0.2, 0.25) is 5.02 Å². The first-order chi connectivity index (χ1) is 13.1. The molecular formula is C20H23ClN2O4S. The predicted molar refractivity (Wildman–Crippen MR) is 108 cm³/mol. The van der Waals surface area contributed by atoms with E-state index in [0.29, 0.717) is 10.8 Å². The van der Waals surface area contributed by atoms with Crippen LogP contribution in [0, 0.1) is 11.3 Å². The highest BCUT2D eigenvalue weighted by Gasteiger charge is 2.61. The molecule has 1 fully saturated rings. The molecule has 0 unspecified atom stereocenters. The van der Waals surface area contributed by atoms with Gasteiger partial charge in [-0.15, -0.1) is 0 Å². The van der Waals surface area contributed by atoms with Gasteiger partial charge in [0.25, 0.3) is 10.0 Å². The summed E-state index contributed by atoms with van der Waals surface area (Å²) in [5.74, 6) is 5.66. The number of ketones is 1. The summed E-state index contributed by atoms with van der Waals surface area (Å²) in [6.45, 7) is 4.09. The number of halogens is 1. The molecule has 150 valence electrons. The number of ether oxygens (including phenoxy) is 1. The molecule has 0 amide bonds. The predicted octanol–water partition coefficient (Wildman–Crippen LogP) is 3.05. The largest absolute Gasteiger partial charge is 0.496 e. The quantitative estimate of drug-likeness (QED) is 0.527. The van der Waals surface area contributed by atoms with E-state index in [9.17, 15) is 13.2 Å². The smallest absolute Gasteiger partial charge is 0.253 e. The summed E-state index contributed by atoms with van der Waals surface area (Å²) >= 11 is 6.07. The van der Waals surface area contributed by atoms with E-state index in [0.717, 1.165) is 11.1 Å². The zero-order valence-electron chi connectivity index (χ0n) is 15.9. The lowest BCUT2D eigenvalue weighted by Crippen LogP contribution is -2.30. The molecule has 0 spiro atoms. The van der Waals surface area contributed by atoms with E-state index in [1.165, 1.54) is 12.1 Å². The molecule has 2 atom stereocenters. The molecule has 28 heavy (non-hydrogen) atoms. The molecule has 1 aliphatic carbocycles. The molecule has 0 aliphatic heterocycles. The summed E-state index contributed by atoms with van der Waals surface area (Å²) in [7, 11) is -2.13. The van der Waals surface area contributed by atoms with E-state index >= 15 is 0 Å². The highest BCUT2D eigenvalue weighted by Crippen LogP contribution is 2.65. The Balaban J connectivity index is 1.81. The Morgan fingerprint density at radius 2 is 1.86 bits per heavy atom. The Labute approximate surface area is 170 Å². The second kappa shape index (κ2) is 7.48. The van der Waals surface area contributed by atoms with Crippen LogP contribution in [0.3, 0.4) is 0 Å². The van der Waals surface area contributed by atoms with E-state index in [-0.39, 0.29) is 34.4 Å². The highest BCUT2D eigenvalue weighted by atomic mass is 35.5. The van der Waals surface area contributed by atoms with Gasteiger partial charge in [0, 0.05) is 22.9 Å². The van der Waals surface area contributed by atoms with Crippen LogP contribution < -0.4 is 15.4 Å². The third-order valence-electron chi connectivity index (χ3n) is 5.49. The van der Waals surface area contributed by atoms with Crippen molar-refractivity contribution in [2.45, 2.75) is 31.1 Å². The van der Waals surface area contributed by atoms with Gasteiger partial charge in [0.05, 0.1) is 12.0 Å². The fourth-order valence-corrected chi connectivity index (χ4v) is 4.79. The number of hydrogen-bond acceptors (Lipinski definition) is 5. The second-order valence-electron chi connectivity index (χ2n) is 7.57. The number of Topliss-reactive ketones (excluding diaryl/α,β-unsaturated/α-hetero) is 1. The normalized spacial score (nSPS) is 20.6. The minimum absolute atomic E-state index is 0.0211. The first kappa shape index (κ1) is 20.8. The Morgan fingerprint density at radius 1 is 1.21 bits per heavy atom. The summed E-state index contributed by atoms with van der Waals surface area (Å²) in [5.41, 5.74) is 1.48. The van der Waals surface area contributed by atoms with Crippen LogP contribution in [-0.2, 0) is 21.2 Å². The zero-order valence-corrected chi connectivity index (χ0v) is 17.5. The standard InChI is InChI=1S/C20H23ClN2O4S/c1-20(2)18(12-4-7-15(8-5-12)28(25,26)23-22)19(20)16(24)11-13-10-14(21)6-9-17(13)27-3/h4-10,18-19,23H,11,22H2,1-3H3/t18-,19-/m1/s1. The Kier molecular flexibility index (Phi) is 5.55. The molecule has 1 aliphatic rings. The van der Waals surface area contributed by atoms with Gasteiger partial charge in [-0.1, -0.05) is 37.6 Å². The monoisotopic (exact) mass is 422 g/mol. The summed E-state index contributed by atoms with van der Waals surface area (Å²) in [5, 5.41) is 0.556. The molecule has 3 rings (SSSR count).